The zero-order valence-electron chi connectivity index (χ0n) is 23.5. The summed E-state index contributed by atoms with van der Waals surface area (Å²) in [5.41, 5.74) is 5.00. The number of carbonyl (C=O) groups excluding carboxylic acids is 1. The Labute approximate surface area is 249 Å². The number of oxazole rings is 1. The normalized spacial score (nSPS) is 14.9. The first-order chi connectivity index (χ1) is 21.4. The van der Waals surface area contributed by atoms with Crippen molar-refractivity contribution in [2.45, 2.75) is 12.6 Å². The average Bonchev–Trinajstić information content (AvgIpc) is 3.82. The number of fused-ring (bicyclic) bond motifs is 1. The maximum absolute atomic E-state index is 13.5. The number of tetrazole rings is 1. The Morgan fingerprint density at radius 3 is 2.50 bits per heavy atom. The van der Waals surface area contributed by atoms with Crippen LogP contribution in [0.4, 0.5) is 8.78 Å². The Hall–Kier alpha value is -5.37. The van der Waals surface area contributed by atoms with Gasteiger partial charge in [0, 0.05) is 56.7 Å². The van der Waals surface area contributed by atoms with Crippen molar-refractivity contribution in [1.82, 2.24) is 49.8 Å². The Kier molecular flexibility index (Phi) is 7.10. The molecule has 0 N–H and O–H groups in total. The van der Waals surface area contributed by atoms with Crippen LogP contribution in [0.2, 0.25) is 0 Å². The number of aromatic nitrogens is 8. The summed E-state index contributed by atoms with van der Waals surface area (Å²) in [4.78, 5) is 27.5. The summed E-state index contributed by atoms with van der Waals surface area (Å²) < 4.78 is 34.2. The summed E-state index contributed by atoms with van der Waals surface area (Å²) in [7, 11) is 1.86. The number of benzene rings is 2. The smallest absolute Gasteiger partial charge is 0.301 e. The maximum Gasteiger partial charge on any atom is 0.301 e. The average molecular weight is 597 g/mol. The van der Waals surface area contributed by atoms with Gasteiger partial charge >= 0.3 is 6.43 Å². The number of alkyl halides is 2. The molecule has 1 fully saturated rings. The number of carbonyl (C=O) groups is 1. The van der Waals surface area contributed by atoms with Gasteiger partial charge in [-0.2, -0.15) is 5.10 Å². The first-order valence-electron chi connectivity index (χ1n) is 13.9. The van der Waals surface area contributed by atoms with Gasteiger partial charge < -0.3 is 9.32 Å². The number of hydrogen-bond donors (Lipinski definition) is 0. The highest BCUT2D eigenvalue weighted by atomic mass is 19.3. The van der Waals surface area contributed by atoms with Gasteiger partial charge in [-0.05, 0) is 40.6 Å². The predicted molar refractivity (Wildman–Crippen MR) is 154 cm³/mol. The van der Waals surface area contributed by atoms with E-state index in [9.17, 15) is 13.6 Å². The lowest BCUT2D eigenvalue weighted by Gasteiger charge is -2.38. The number of piperazine rings is 1. The van der Waals surface area contributed by atoms with Crippen molar-refractivity contribution < 1.29 is 18.0 Å². The lowest BCUT2D eigenvalue weighted by Crippen LogP contribution is -2.51. The fourth-order valence-electron chi connectivity index (χ4n) is 5.36. The van der Waals surface area contributed by atoms with Crippen molar-refractivity contribution in [3.63, 3.8) is 0 Å². The number of halogens is 2. The van der Waals surface area contributed by atoms with Crippen molar-refractivity contribution >= 4 is 17.0 Å². The second kappa shape index (κ2) is 11.4. The first-order valence-corrected chi connectivity index (χ1v) is 13.9. The van der Waals surface area contributed by atoms with Crippen molar-refractivity contribution in [3.8, 4) is 22.6 Å². The number of pyridine rings is 1. The van der Waals surface area contributed by atoms with Gasteiger partial charge in [-0.25, -0.2) is 13.8 Å². The van der Waals surface area contributed by atoms with Gasteiger partial charge in [-0.15, -0.1) is 15.0 Å². The first kappa shape index (κ1) is 27.5. The molecule has 1 aliphatic rings. The summed E-state index contributed by atoms with van der Waals surface area (Å²) in [6.45, 7) is 1.71. The van der Waals surface area contributed by atoms with Gasteiger partial charge in [0.1, 0.15) is 11.2 Å². The molecular weight excluding hydrogens is 570 g/mol. The van der Waals surface area contributed by atoms with E-state index >= 15 is 0 Å². The molecule has 0 aliphatic carbocycles. The molecule has 1 aliphatic heterocycles. The predicted octanol–water partition coefficient (Wildman–Crippen LogP) is 4.22. The Bertz CT molecular complexity index is 1930. The fraction of sp³-hybridized carbons (Fsp3) is 0.233. The van der Waals surface area contributed by atoms with E-state index in [4.69, 9.17) is 4.42 Å². The fourth-order valence-corrected chi connectivity index (χ4v) is 5.36. The third-order valence-electron chi connectivity index (χ3n) is 7.55. The van der Waals surface area contributed by atoms with E-state index in [0.717, 1.165) is 16.7 Å². The summed E-state index contributed by atoms with van der Waals surface area (Å²) in [5, 5.41) is 15.6. The molecular formula is C30H26F2N10O2. The number of hydrogen-bond acceptors (Lipinski definition) is 9. The Morgan fingerprint density at radius 2 is 1.77 bits per heavy atom. The van der Waals surface area contributed by atoms with E-state index in [1.165, 1.54) is 4.80 Å². The van der Waals surface area contributed by atoms with E-state index in [-0.39, 0.29) is 11.6 Å². The second-order valence-corrected chi connectivity index (χ2v) is 10.4. The van der Waals surface area contributed by atoms with Crippen LogP contribution in [-0.4, -0.2) is 81.8 Å². The highest BCUT2D eigenvalue weighted by molar-refractivity contribution is 5.93. The topological polar surface area (TPSA) is 124 Å². The summed E-state index contributed by atoms with van der Waals surface area (Å²) in [6, 6.07) is 18.6. The molecule has 4 aromatic heterocycles. The molecule has 1 saturated heterocycles. The monoisotopic (exact) mass is 596 g/mol. The van der Waals surface area contributed by atoms with Crippen molar-refractivity contribution in [3.05, 3.63) is 96.3 Å². The zero-order valence-corrected chi connectivity index (χ0v) is 23.5. The molecule has 1 amide bonds. The minimum absolute atomic E-state index is 0.225. The maximum atomic E-state index is 13.5. The summed E-state index contributed by atoms with van der Waals surface area (Å²) in [6.07, 6.45) is 1.92. The molecule has 44 heavy (non-hydrogen) atoms. The summed E-state index contributed by atoms with van der Waals surface area (Å²) in [5.74, 6) is -0.464. The number of amides is 1. The molecule has 0 radical (unpaired) electrons. The molecule has 1 atom stereocenters. The third kappa shape index (κ3) is 5.30. The Morgan fingerprint density at radius 1 is 0.955 bits per heavy atom. The number of rotatable bonds is 7. The molecule has 1 unspecified atom stereocenters. The highest BCUT2D eigenvalue weighted by Gasteiger charge is 2.31. The van der Waals surface area contributed by atoms with Crippen molar-refractivity contribution in [2.24, 2.45) is 7.05 Å². The van der Waals surface area contributed by atoms with Gasteiger partial charge in [0.05, 0.1) is 6.20 Å². The number of nitrogens with zero attached hydrogens (tertiary/aromatic N) is 10. The van der Waals surface area contributed by atoms with E-state index in [0.29, 0.717) is 48.7 Å². The summed E-state index contributed by atoms with van der Waals surface area (Å²) >= 11 is 0. The van der Waals surface area contributed by atoms with Crippen LogP contribution in [0.25, 0.3) is 33.7 Å². The molecule has 2 aromatic carbocycles. The Balaban J connectivity index is 1.08. The van der Waals surface area contributed by atoms with Crippen LogP contribution in [-0.2, 0) is 7.05 Å². The molecule has 14 heteroatoms. The van der Waals surface area contributed by atoms with Gasteiger partial charge in [0.25, 0.3) is 5.91 Å². The molecule has 6 aromatic rings. The standard InChI is InChI=1S/C30H26F2N10O2/c1-39-18-22(17-34-39)20-7-8-25-23(15-20)35-28(44-25)21-9-10-33-24(16-21)30(43)41-13-11-40(12-14-41)29(19-5-3-2-4-6-19)42-37-27(26(31)32)36-38-42/h2-10,15-18,26,29H,11-14H2,1H3. The van der Waals surface area contributed by atoms with Crippen LogP contribution >= 0.6 is 0 Å². The van der Waals surface area contributed by atoms with E-state index in [1.807, 2.05) is 66.7 Å². The van der Waals surface area contributed by atoms with E-state index in [1.54, 1.807) is 34.1 Å². The van der Waals surface area contributed by atoms with Crippen LogP contribution in [0, 0.1) is 0 Å². The van der Waals surface area contributed by atoms with Crippen LogP contribution < -0.4 is 0 Å². The molecule has 0 bridgehead atoms. The van der Waals surface area contributed by atoms with Crippen LogP contribution in [0.15, 0.2) is 83.7 Å². The largest absolute Gasteiger partial charge is 0.436 e. The molecule has 222 valence electrons. The van der Waals surface area contributed by atoms with Crippen molar-refractivity contribution in [1.29, 1.82) is 0 Å². The zero-order chi connectivity index (χ0) is 30.2. The second-order valence-electron chi connectivity index (χ2n) is 10.4. The number of aryl methyl sites for hydroxylation is 1. The quantitative estimate of drug-likeness (QED) is 0.266. The molecule has 0 saturated carbocycles. The van der Waals surface area contributed by atoms with Crippen LogP contribution in [0.3, 0.4) is 0 Å². The SMILES string of the molecule is Cn1cc(-c2ccc3oc(-c4ccnc(C(=O)N5CCN(C(c6ccccc6)n6nnc(C(F)F)n6)CC5)c4)nc3c2)cn1. The van der Waals surface area contributed by atoms with Gasteiger partial charge in [-0.3, -0.25) is 19.4 Å². The molecule has 0 spiro atoms. The van der Waals surface area contributed by atoms with Gasteiger partial charge in [0.2, 0.25) is 11.7 Å². The van der Waals surface area contributed by atoms with Gasteiger partial charge in [-0.1, -0.05) is 36.4 Å². The lowest BCUT2D eigenvalue weighted by molar-refractivity contribution is 0.0482. The molecule has 7 rings (SSSR count). The van der Waals surface area contributed by atoms with E-state index < -0.39 is 18.4 Å². The molecule has 12 nitrogen and oxygen atoms in total. The van der Waals surface area contributed by atoms with Crippen LogP contribution in [0.1, 0.15) is 34.5 Å². The minimum Gasteiger partial charge on any atom is -0.436 e. The van der Waals surface area contributed by atoms with Crippen molar-refractivity contribution in [2.75, 3.05) is 26.2 Å². The van der Waals surface area contributed by atoms with Gasteiger partial charge in [0.15, 0.2) is 11.7 Å². The third-order valence-corrected chi connectivity index (χ3v) is 7.55. The van der Waals surface area contributed by atoms with E-state index in [2.05, 4.69) is 30.5 Å². The molecule has 5 heterocycles. The highest BCUT2D eigenvalue weighted by Crippen LogP contribution is 2.29. The minimum atomic E-state index is -2.82. The van der Waals surface area contributed by atoms with Crippen LogP contribution in [0.5, 0.6) is 0 Å². The lowest BCUT2D eigenvalue weighted by atomic mass is 10.1.